The summed E-state index contributed by atoms with van der Waals surface area (Å²) >= 11 is 0. The number of methoxy groups -OCH3 is 1. The number of nitrogens with two attached hydrogens (primary N) is 1. The molecule has 1 aliphatic heterocycles. The van der Waals surface area contributed by atoms with Gasteiger partial charge in [-0.05, 0) is 30.9 Å². The number of ether oxygens (including phenoxy) is 1. The Hall–Kier alpha value is -1.17. The summed E-state index contributed by atoms with van der Waals surface area (Å²) in [7, 11) is 1.64. The van der Waals surface area contributed by atoms with Crippen LogP contribution in [0.3, 0.4) is 0 Å². The number of hydrogen-bond donors (Lipinski definition) is 1. The number of hydroxylamine groups is 2. The smallest absolute Gasteiger partial charge is 0.272 e. The van der Waals surface area contributed by atoms with Crippen molar-refractivity contribution in [3.05, 3.63) is 41.1 Å². The van der Waals surface area contributed by atoms with Gasteiger partial charge in [0.2, 0.25) is 10.8 Å². The zero-order chi connectivity index (χ0) is 13.9. The second kappa shape index (κ2) is 6.08. The summed E-state index contributed by atoms with van der Waals surface area (Å²) in [4.78, 5) is 8.36. The summed E-state index contributed by atoms with van der Waals surface area (Å²) in [6.07, 6.45) is 2.57. The molecule has 3 rings (SSSR count). The fourth-order valence-electron chi connectivity index (χ4n) is 2.28. The van der Waals surface area contributed by atoms with Crippen LogP contribution in [0, 0.1) is 5.92 Å². The van der Waals surface area contributed by atoms with Crippen molar-refractivity contribution in [1.29, 1.82) is 0 Å². The van der Waals surface area contributed by atoms with Gasteiger partial charge in [0.25, 0.3) is 5.88 Å². The van der Waals surface area contributed by atoms with Crippen molar-refractivity contribution in [3.8, 4) is 0 Å². The van der Waals surface area contributed by atoms with E-state index in [4.69, 9.17) is 15.3 Å². The molecule has 1 saturated carbocycles. The van der Waals surface area contributed by atoms with Crippen molar-refractivity contribution in [3.63, 3.8) is 0 Å². The lowest BCUT2D eigenvalue weighted by molar-refractivity contribution is -0.150. The van der Waals surface area contributed by atoms with Crippen molar-refractivity contribution in [2.45, 2.75) is 17.7 Å². The highest BCUT2D eigenvalue weighted by atomic mass is 32.2. The number of nitrogens with zero attached hydrogens (tertiary/aromatic N) is 1. The molecule has 108 valence electrons. The van der Waals surface area contributed by atoms with Crippen molar-refractivity contribution in [2.24, 2.45) is 11.7 Å². The van der Waals surface area contributed by atoms with Crippen molar-refractivity contribution >= 4 is 10.9 Å². The predicted octanol–water partition coefficient (Wildman–Crippen LogP) is 2.05. The first-order valence-electron chi connectivity index (χ1n) is 6.97. The van der Waals surface area contributed by atoms with Crippen LogP contribution in [0.15, 0.2) is 46.0 Å². The van der Waals surface area contributed by atoms with Gasteiger partial charge < -0.3 is 10.5 Å². The first-order chi connectivity index (χ1) is 9.83. The Kier molecular flexibility index (Phi) is 4.19. The van der Waals surface area contributed by atoms with Gasteiger partial charge in [-0.1, -0.05) is 18.2 Å². The lowest BCUT2D eigenvalue weighted by atomic mass is 10.4. The summed E-state index contributed by atoms with van der Waals surface area (Å²) in [6.45, 7) is 1.29. The van der Waals surface area contributed by atoms with Crippen molar-refractivity contribution in [2.75, 3.05) is 26.1 Å². The van der Waals surface area contributed by atoms with Gasteiger partial charge in [0.05, 0.1) is 31.2 Å². The average Bonchev–Trinajstić information content (AvgIpc) is 3.25. The van der Waals surface area contributed by atoms with Gasteiger partial charge in [0, 0.05) is 0 Å². The predicted molar refractivity (Wildman–Crippen MR) is 80.5 cm³/mol. The Morgan fingerprint density at radius 1 is 1.30 bits per heavy atom. The molecule has 1 heterocycles. The average molecular weight is 293 g/mol. The molecule has 0 spiro atoms. The van der Waals surface area contributed by atoms with Crippen LogP contribution in [0.1, 0.15) is 12.8 Å². The SMILES string of the molecule is COC1=C(CN)[S+](c2ccccc2)CN1OCC1CC1. The molecule has 5 heteroatoms. The van der Waals surface area contributed by atoms with Gasteiger partial charge in [-0.2, -0.15) is 5.06 Å². The van der Waals surface area contributed by atoms with E-state index in [1.54, 1.807) is 7.11 Å². The lowest BCUT2D eigenvalue weighted by Crippen LogP contribution is -2.24. The highest BCUT2D eigenvalue weighted by Gasteiger charge is 2.44. The molecule has 1 fully saturated rings. The van der Waals surface area contributed by atoms with Crippen LogP contribution in [0.5, 0.6) is 0 Å². The molecule has 1 aromatic carbocycles. The van der Waals surface area contributed by atoms with Gasteiger partial charge in [-0.25, -0.2) is 0 Å². The third kappa shape index (κ3) is 2.80. The zero-order valence-electron chi connectivity index (χ0n) is 11.7. The van der Waals surface area contributed by atoms with Gasteiger partial charge >= 0.3 is 0 Å². The van der Waals surface area contributed by atoms with E-state index in [1.807, 2.05) is 11.1 Å². The Labute approximate surface area is 122 Å². The minimum atomic E-state index is -0.0523. The monoisotopic (exact) mass is 293 g/mol. The van der Waals surface area contributed by atoms with Crippen molar-refractivity contribution in [1.82, 2.24) is 5.06 Å². The van der Waals surface area contributed by atoms with Crippen LogP contribution in [0.2, 0.25) is 0 Å². The largest absolute Gasteiger partial charge is 0.478 e. The topological polar surface area (TPSA) is 47.7 Å². The number of rotatable bonds is 6. The van der Waals surface area contributed by atoms with Crippen LogP contribution in [0.4, 0.5) is 0 Å². The normalized spacial score (nSPS) is 22.5. The quantitative estimate of drug-likeness (QED) is 0.816. The third-order valence-corrected chi connectivity index (χ3v) is 5.85. The number of benzene rings is 1. The van der Waals surface area contributed by atoms with Gasteiger partial charge in [0.1, 0.15) is 0 Å². The summed E-state index contributed by atoms with van der Waals surface area (Å²) in [5.74, 6) is 2.35. The summed E-state index contributed by atoms with van der Waals surface area (Å²) in [5.41, 5.74) is 5.94. The van der Waals surface area contributed by atoms with E-state index in [1.165, 1.54) is 17.7 Å². The van der Waals surface area contributed by atoms with Crippen LogP contribution < -0.4 is 5.73 Å². The molecule has 1 unspecified atom stereocenters. The van der Waals surface area contributed by atoms with Crippen LogP contribution in [-0.2, 0) is 20.5 Å². The number of hydrogen-bond acceptors (Lipinski definition) is 4. The summed E-state index contributed by atoms with van der Waals surface area (Å²) in [5, 5.41) is 1.90. The lowest BCUT2D eigenvalue weighted by Gasteiger charge is -2.16. The van der Waals surface area contributed by atoms with E-state index in [9.17, 15) is 0 Å². The van der Waals surface area contributed by atoms with Crippen LogP contribution in [0.25, 0.3) is 0 Å². The first kappa shape index (κ1) is 13.8. The standard InChI is InChI=1S/C15H21N2O2S/c1-18-15-14(9-16)20(13-5-3-2-4-6-13)11-17(15)19-10-12-7-8-12/h2-6,12H,7-11,16H2,1H3/q+1. The van der Waals surface area contributed by atoms with Crippen LogP contribution >= 0.6 is 0 Å². The molecule has 20 heavy (non-hydrogen) atoms. The molecule has 1 atom stereocenters. The van der Waals surface area contributed by atoms with Gasteiger partial charge in [-0.3, -0.25) is 4.84 Å². The van der Waals surface area contributed by atoms with Gasteiger partial charge in [0.15, 0.2) is 4.90 Å². The first-order valence-corrected chi connectivity index (χ1v) is 8.36. The van der Waals surface area contributed by atoms with Gasteiger partial charge in [-0.15, -0.1) is 0 Å². The minimum Gasteiger partial charge on any atom is -0.478 e. The molecule has 1 aliphatic carbocycles. The fraction of sp³-hybridized carbons (Fsp3) is 0.467. The molecule has 4 nitrogen and oxygen atoms in total. The maximum Gasteiger partial charge on any atom is 0.272 e. The van der Waals surface area contributed by atoms with Crippen LogP contribution in [-0.4, -0.2) is 31.2 Å². The molecule has 0 amide bonds. The Balaban J connectivity index is 1.79. The zero-order valence-corrected chi connectivity index (χ0v) is 12.6. The van der Waals surface area contributed by atoms with Crippen molar-refractivity contribution < 1.29 is 9.57 Å². The molecular formula is C15H21N2O2S+. The summed E-state index contributed by atoms with van der Waals surface area (Å²) in [6, 6.07) is 10.5. The molecule has 2 aliphatic rings. The summed E-state index contributed by atoms with van der Waals surface area (Å²) < 4.78 is 5.54. The molecule has 0 bridgehead atoms. The Bertz CT molecular complexity index is 488. The Morgan fingerprint density at radius 3 is 2.65 bits per heavy atom. The van der Waals surface area contributed by atoms with E-state index in [0.29, 0.717) is 6.54 Å². The van der Waals surface area contributed by atoms with E-state index in [0.717, 1.165) is 29.2 Å². The van der Waals surface area contributed by atoms with E-state index in [-0.39, 0.29) is 10.9 Å². The maximum atomic E-state index is 5.94. The highest BCUT2D eigenvalue weighted by molar-refractivity contribution is 8.00. The minimum absolute atomic E-state index is 0.0523. The molecule has 0 aromatic heterocycles. The second-order valence-electron chi connectivity index (χ2n) is 5.09. The highest BCUT2D eigenvalue weighted by Crippen LogP contribution is 2.35. The second-order valence-corrected chi connectivity index (χ2v) is 7.09. The van der Waals surface area contributed by atoms with E-state index in [2.05, 4.69) is 24.3 Å². The molecule has 2 N–H and O–H groups in total. The van der Waals surface area contributed by atoms with E-state index < -0.39 is 0 Å². The third-order valence-electron chi connectivity index (χ3n) is 3.58. The fourth-order valence-corrected chi connectivity index (χ4v) is 4.38. The maximum absolute atomic E-state index is 5.94. The van der Waals surface area contributed by atoms with E-state index >= 15 is 0 Å². The molecule has 0 saturated heterocycles. The molecular weight excluding hydrogens is 272 g/mol. The Morgan fingerprint density at radius 2 is 2.05 bits per heavy atom. The molecule has 0 radical (unpaired) electrons. The molecule has 1 aromatic rings.